The minimum Gasteiger partial charge on any atom is -0.298 e. The normalized spacial score (nSPS) is 9.65. The van der Waals surface area contributed by atoms with Crippen LogP contribution in [-0.4, -0.2) is 6.29 Å². The largest absolute Gasteiger partial charge is 0.298 e. The predicted molar refractivity (Wildman–Crippen MR) is 67.0 cm³/mol. The lowest BCUT2D eigenvalue weighted by Crippen LogP contribution is -1.88. The topological polar surface area (TPSA) is 40.9 Å². The summed E-state index contributed by atoms with van der Waals surface area (Å²) in [5.41, 5.74) is 2.47. The van der Waals surface area contributed by atoms with Gasteiger partial charge < -0.3 is 0 Å². The molecule has 0 unspecified atom stereocenters. The number of halogens is 1. The van der Waals surface area contributed by atoms with Crippen molar-refractivity contribution in [3.63, 3.8) is 0 Å². The van der Waals surface area contributed by atoms with Crippen LogP contribution >= 0.6 is 11.6 Å². The number of nitrogens with zero attached hydrogens (tertiary/aromatic N) is 1. The Morgan fingerprint density at radius 2 is 1.88 bits per heavy atom. The highest BCUT2D eigenvalue weighted by Gasteiger charge is 2.08. The number of carbonyl (C=O) groups excluding carboxylic acids is 1. The molecule has 0 radical (unpaired) electrons. The quantitative estimate of drug-likeness (QED) is 0.753. The molecule has 0 atom stereocenters. The first-order valence-corrected chi connectivity index (χ1v) is 5.38. The molecule has 0 aliphatic carbocycles. The summed E-state index contributed by atoms with van der Waals surface area (Å²) in [5.74, 6) is 0. The van der Waals surface area contributed by atoms with Gasteiger partial charge >= 0.3 is 0 Å². The van der Waals surface area contributed by atoms with E-state index in [9.17, 15) is 4.79 Å². The molecule has 3 heteroatoms. The van der Waals surface area contributed by atoms with Gasteiger partial charge in [-0.05, 0) is 18.2 Å². The van der Waals surface area contributed by atoms with Gasteiger partial charge in [0, 0.05) is 21.7 Å². The fraction of sp³-hybridized carbons (Fsp3) is 0. The van der Waals surface area contributed by atoms with Gasteiger partial charge in [0.25, 0.3) is 0 Å². The Hall–Kier alpha value is -2.11. The maximum absolute atomic E-state index is 10.8. The zero-order chi connectivity index (χ0) is 12.3. The van der Waals surface area contributed by atoms with Crippen molar-refractivity contribution in [3.05, 3.63) is 58.6 Å². The van der Waals surface area contributed by atoms with Gasteiger partial charge in [-0.15, -0.1) is 0 Å². The zero-order valence-electron chi connectivity index (χ0n) is 8.85. The van der Waals surface area contributed by atoms with E-state index in [4.69, 9.17) is 16.9 Å². The molecule has 0 saturated carbocycles. The van der Waals surface area contributed by atoms with Gasteiger partial charge in [-0.3, -0.25) is 4.79 Å². The second-order valence-electron chi connectivity index (χ2n) is 3.51. The molecule has 0 saturated heterocycles. The number of hydrogen-bond acceptors (Lipinski definition) is 2. The summed E-state index contributed by atoms with van der Waals surface area (Å²) in [7, 11) is 0. The summed E-state index contributed by atoms with van der Waals surface area (Å²) in [6.07, 6.45) is 0.751. The van der Waals surface area contributed by atoms with Gasteiger partial charge in [-0.2, -0.15) is 5.26 Å². The van der Waals surface area contributed by atoms with Crippen molar-refractivity contribution in [2.45, 2.75) is 0 Å². The Labute approximate surface area is 104 Å². The highest BCUT2D eigenvalue weighted by atomic mass is 35.5. The minimum atomic E-state index is 0.503. The van der Waals surface area contributed by atoms with Crippen LogP contribution in [0.5, 0.6) is 0 Å². The van der Waals surface area contributed by atoms with Crippen molar-refractivity contribution in [1.82, 2.24) is 0 Å². The summed E-state index contributed by atoms with van der Waals surface area (Å²) in [4.78, 5) is 10.8. The molecule has 0 bridgehead atoms. The molecule has 2 aromatic carbocycles. The van der Waals surface area contributed by atoms with Crippen LogP contribution < -0.4 is 0 Å². The highest BCUT2D eigenvalue weighted by Crippen LogP contribution is 2.30. The third-order valence-electron chi connectivity index (χ3n) is 2.46. The number of hydrogen-bond donors (Lipinski definition) is 0. The van der Waals surface area contributed by atoms with Crippen LogP contribution in [0.2, 0.25) is 5.02 Å². The van der Waals surface area contributed by atoms with Crippen molar-refractivity contribution >= 4 is 17.9 Å². The molecule has 17 heavy (non-hydrogen) atoms. The third kappa shape index (κ3) is 2.20. The molecule has 0 aliphatic heterocycles. The number of carbonyl (C=O) groups is 1. The summed E-state index contributed by atoms with van der Waals surface area (Å²) in [5, 5.41) is 9.61. The summed E-state index contributed by atoms with van der Waals surface area (Å²) in [6, 6.07) is 14.3. The van der Waals surface area contributed by atoms with Crippen LogP contribution in [0.1, 0.15) is 15.9 Å². The van der Waals surface area contributed by atoms with E-state index in [1.807, 2.05) is 18.2 Å². The van der Waals surface area contributed by atoms with Gasteiger partial charge in [0.05, 0.1) is 11.6 Å². The summed E-state index contributed by atoms with van der Waals surface area (Å²) in [6.45, 7) is 0. The van der Waals surface area contributed by atoms with E-state index in [1.165, 1.54) is 0 Å². The minimum absolute atomic E-state index is 0.503. The van der Waals surface area contributed by atoms with E-state index < -0.39 is 0 Å². The molecular formula is C14H8ClNO. The summed E-state index contributed by atoms with van der Waals surface area (Å²) < 4.78 is 0. The fourth-order valence-electron chi connectivity index (χ4n) is 1.64. The van der Waals surface area contributed by atoms with Crippen molar-refractivity contribution in [1.29, 1.82) is 5.26 Å². The molecule has 2 nitrogen and oxygen atoms in total. The number of benzene rings is 2. The Morgan fingerprint density at radius 3 is 2.53 bits per heavy atom. The Kier molecular flexibility index (Phi) is 3.22. The van der Waals surface area contributed by atoms with E-state index in [0.717, 1.165) is 11.8 Å². The van der Waals surface area contributed by atoms with E-state index >= 15 is 0 Å². The maximum atomic E-state index is 10.8. The van der Waals surface area contributed by atoms with Crippen LogP contribution in [0, 0.1) is 11.3 Å². The first kappa shape index (κ1) is 11.4. The second-order valence-corrected chi connectivity index (χ2v) is 3.92. The lowest BCUT2D eigenvalue weighted by molar-refractivity contribution is 0.112. The molecule has 0 heterocycles. The number of rotatable bonds is 2. The van der Waals surface area contributed by atoms with Crippen LogP contribution in [0.25, 0.3) is 11.1 Å². The number of aldehydes is 1. The number of nitriles is 1. The van der Waals surface area contributed by atoms with Crippen molar-refractivity contribution in [3.8, 4) is 17.2 Å². The zero-order valence-corrected chi connectivity index (χ0v) is 9.61. The molecule has 0 aromatic heterocycles. The van der Waals surface area contributed by atoms with E-state index in [-0.39, 0.29) is 0 Å². The SMILES string of the molecule is N#Cc1ccc(C=O)cc1-c1ccccc1Cl. The highest BCUT2D eigenvalue weighted by molar-refractivity contribution is 6.33. The van der Waals surface area contributed by atoms with Crippen LogP contribution in [-0.2, 0) is 0 Å². The van der Waals surface area contributed by atoms with Crippen LogP contribution in [0.4, 0.5) is 0 Å². The Balaban J connectivity index is 2.70. The van der Waals surface area contributed by atoms with E-state index in [2.05, 4.69) is 6.07 Å². The van der Waals surface area contributed by atoms with Gasteiger partial charge in [0.2, 0.25) is 0 Å². The van der Waals surface area contributed by atoms with Crippen LogP contribution in [0.15, 0.2) is 42.5 Å². The lowest BCUT2D eigenvalue weighted by Gasteiger charge is -2.07. The Bertz CT molecular complexity index is 614. The second kappa shape index (κ2) is 4.82. The van der Waals surface area contributed by atoms with Crippen molar-refractivity contribution in [2.24, 2.45) is 0 Å². The monoisotopic (exact) mass is 241 g/mol. The molecule has 0 spiro atoms. The average molecular weight is 242 g/mol. The predicted octanol–water partition coefficient (Wildman–Crippen LogP) is 3.69. The van der Waals surface area contributed by atoms with Crippen molar-refractivity contribution in [2.75, 3.05) is 0 Å². The average Bonchev–Trinajstić information content (AvgIpc) is 2.38. The molecule has 0 aliphatic rings. The van der Waals surface area contributed by atoms with Gasteiger partial charge in [-0.1, -0.05) is 35.9 Å². The fourth-order valence-corrected chi connectivity index (χ4v) is 1.87. The molecule has 2 aromatic rings. The van der Waals surface area contributed by atoms with Gasteiger partial charge in [0.15, 0.2) is 0 Å². The maximum Gasteiger partial charge on any atom is 0.150 e. The third-order valence-corrected chi connectivity index (χ3v) is 2.79. The van der Waals surface area contributed by atoms with E-state index in [1.54, 1.807) is 24.3 Å². The molecule has 0 N–H and O–H groups in total. The Morgan fingerprint density at radius 1 is 1.12 bits per heavy atom. The smallest absolute Gasteiger partial charge is 0.150 e. The van der Waals surface area contributed by atoms with E-state index in [0.29, 0.717) is 21.7 Å². The van der Waals surface area contributed by atoms with Crippen LogP contribution in [0.3, 0.4) is 0 Å². The standard InChI is InChI=1S/C14H8ClNO/c15-14-4-2-1-3-12(14)13-7-10(9-17)5-6-11(13)8-16/h1-7,9H. The molecule has 82 valence electrons. The lowest BCUT2D eigenvalue weighted by atomic mass is 9.98. The molecule has 0 fully saturated rings. The van der Waals surface area contributed by atoms with Gasteiger partial charge in [0.1, 0.15) is 6.29 Å². The summed E-state index contributed by atoms with van der Waals surface area (Å²) >= 11 is 6.09. The molecule has 0 amide bonds. The molecule has 2 rings (SSSR count). The first-order chi connectivity index (χ1) is 8.26. The molecular weight excluding hydrogens is 234 g/mol. The first-order valence-electron chi connectivity index (χ1n) is 5.00. The van der Waals surface area contributed by atoms with Crippen molar-refractivity contribution < 1.29 is 4.79 Å². The van der Waals surface area contributed by atoms with Gasteiger partial charge in [-0.25, -0.2) is 0 Å².